The molecule has 0 aliphatic carbocycles. The van der Waals surface area contributed by atoms with Crippen LogP contribution in [0.2, 0.25) is 0 Å². The molecule has 0 fully saturated rings. The number of rotatable bonds is 3. The molecule has 0 bridgehead atoms. The molecular weight excluding hydrogens is 663 g/mol. The standard InChI is InChI=1S/C34H29N2O2.Pt/c1-20-15-22(24-10-8-12-30-32(24)36-33(38-30)25-9-6-7-11-29(25)37)19-23(16-20)26-17-21(2)18-27-28(34(3,4)5)13-14-35-31(26)27;/h6-18,37H,1-5H3;/q-1;. The molecule has 2 aromatic heterocycles. The smallest absolute Gasteiger partial charge is 0.230 e. The number of hydrogen-bond donors (Lipinski definition) is 1. The van der Waals surface area contributed by atoms with Gasteiger partial charge < -0.3 is 9.52 Å². The van der Waals surface area contributed by atoms with E-state index >= 15 is 0 Å². The number of oxazole rings is 1. The van der Waals surface area contributed by atoms with Crippen LogP contribution in [0.5, 0.6) is 5.75 Å². The summed E-state index contributed by atoms with van der Waals surface area (Å²) in [4.78, 5) is 9.62. The van der Waals surface area contributed by atoms with Crippen molar-refractivity contribution in [1.29, 1.82) is 0 Å². The second-order valence-corrected chi connectivity index (χ2v) is 11.0. The number of fused-ring (bicyclic) bond motifs is 2. The van der Waals surface area contributed by atoms with Crippen molar-refractivity contribution in [3.63, 3.8) is 0 Å². The second-order valence-electron chi connectivity index (χ2n) is 11.0. The number of aryl methyl sites for hydroxylation is 2. The summed E-state index contributed by atoms with van der Waals surface area (Å²) >= 11 is 0. The van der Waals surface area contributed by atoms with Crippen molar-refractivity contribution in [2.75, 3.05) is 0 Å². The van der Waals surface area contributed by atoms with Crippen LogP contribution in [0.15, 0.2) is 83.4 Å². The Morgan fingerprint density at radius 1 is 0.769 bits per heavy atom. The van der Waals surface area contributed by atoms with Gasteiger partial charge in [-0.25, -0.2) is 4.98 Å². The Labute approximate surface area is 243 Å². The van der Waals surface area contributed by atoms with Gasteiger partial charge in [0, 0.05) is 32.8 Å². The summed E-state index contributed by atoms with van der Waals surface area (Å²) in [7, 11) is 0. The van der Waals surface area contributed by atoms with Gasteiger partial charge in [0.2, 0.25) is 5.89 Å². The van der Waals surface area contributed by atoms with Gasteiger partial charge in [0.25, 0.3) is 0 Å². The van der Waals surface area contributed by atoms with E-state index in [9.17, 15) is 5.11 Å². The van der Waals surface area contributed by atoms with Crippen molar-refractivity contribution in [2.45, 2.75) is 40.0 Å². The molecule has 1 N–H and O–H groups in total. The molecule has 0 amide bonds. The third-order valence-electron chi connectivity index (χ3n) is 6.94. The fraction of sp³-hybridized carbons (Fsp3) is 0.176. The van der Waals surface area contributed by atoms with Gasteiger partial charge in [-0.05, 0) is 47.6 Å². The maximum atomic E-state index is 10.3. The van der Waals surface area contributed by atoms with Crippen LogP contribution in [0.25, 0.3) is 55.7 Å². The Balaban J connectivity index is 0.00000308. The van der Waals surface area contributed by atoms with Crippen LogP contribution >= 0.6 is 0 Å². The Hall–Kier alpha value is -3.75. The second kappa shape index (κ2) is 10.1. The number of aromatic nitrogens is 2. The maximum absolute atomic E-state index is 10.3. The normalized spacial score (nSPS) is 11.6. The maximum Gasteiger partial charge on any atom is 0.230 e. The monoisotopic (exact) mass is 692 g/mol. The molecule has 0 aliphatic heterocycles. The first-order valence-corrected chi connectivity index (χ1v) is 12.8. The van der Waals surface area contributed by atoms with Gasteiger partial charge in [0.15, 0.2) is 0 Å². The molecule has 6 aromatic rings. The minimum atomic E-state index is 0. The molecule has 39 heavy (non-hydrogen) atoms. The van der Waals surface area contributed by atoms with E-state index in [4.69, 9.17) is 14.4 Å². The van der Waals surface area contributed by atoms with Gasteiger partial charge >= 0.3 is 0 Å². The zero-order valence-corrected chi connectivity index (χ0v) is 24.8. The Morgan fingerprint density at radius 3 is 2.21 bits per heavy atom. The summed E-state index contributed by atoms with van der Waals surface area (Å²) in [6.07, 6.45) is 1.91. The predicted octanol–water partition coefficient (Wildman–Crippen LogP) is 8.79. The number of para-hydroxylation sites is 2. The van der Waals surface area contributed by atoms with Gasteiger partial charge in [0.1, 0.15) is 11.3 Å². The molecule has 4 nitrogen and oxygen atoms in total. The quantitative estimate of drug-likeness (QED) is 0.189. The van der Waals surface area contributed by atoms with Crippen LogP contribution in [-0.2, 0) is 26.5 Å². The minimum Gasteiger partial charge on any atom is -0.507 e. The number of phenolic OH excluding ortho intramolecular Hbond substituents is 1. The van der Waals surface area contributed by atoms with E-state index in [0.717, 1.165) is 38.9 Å². The van der Waals surface area contributed by atoms with Crippen LogP contribution < -0.4 is 0 Å². The SMILES string of the molecule is Cc1cc(-c2cccc3oc(-c4ccccc4O)nc23)[c-]c(-c2cc(C)cc3c(C(C)(C)C)ccnc23)c1.[Pt]. The zero-order chi connectivity index (χ0) is 26.6. The summed E-state index contributed by atoms with van der Waals surface area (Å²) in [6, 6.07) is 27.5. The van der Waals surface area contributed by atoms with E-state index < -0.39 is 0 Å². The van der Waals surface area contributed by atoms with Crippen molar-refractivity contribution in [3.8, 4) is 39.5 Å². The molecule has 0 saturated heterocycles. The summed E-state index contributed by atoms with van der Waals surface area (Å²) in [5, 5.41) is 11.5. The van der Waals surface area contributed by atoms with Crippen LogP contribution in [0.3, 0.4) is 0 Å². The molecule has 0 unspecified atom stereocenters. The third-order valence-corrected chi connectivity index (χ3v) is 6.94. The molecule has 0 saturated carbocycles. The summed E-state index contributed by atoms with van der Waals surface area (Å²) in [5.41, 5.74) is 10.5. The first-order chi connectivity index (χ1) is 18.2. The number of hydrogen-bond acceptors (Lipinski definition) is 4. The van der Waals surface area contributed by atoms with Crippen LogP contribution in [0, 0.1) is 19.9 Å². The van der Waals surface area contributed by atoms with Gasteiger partial charge in [-0.15, -0.1) is 34.9 Å². The molecule has 198 valence electrons. The number of benzene rings is 4. The van der Waals surface area contributed by atoms with Gasteiger partial charge in [0.05, 0.1) is 11.1 Å². The molecule has 2 heterocycles. The molecule has 0 aliphatic rings. The summed E-state index contributed by atoms with van der Waals surface area (Å²) < 4.78 is 6.07. The van der Waals surface area contributed by atoms with Crippen molar-refractivity contribution in [2.24, 2.45) is 0 Å². The van der Waals surface area contributed by atoms with Crippen molar-refractivity contribution in [1.82, 2.24) is 9.97 Å². The zero-order valence-electron chi connectivity index (χ0n) is 22.6. The summed E-state index contributed by atoms with van der Waals surface area (Å²) in [5.74, 6) is 0.528. The average molecular weight is 693 g/mol. The van der Waals surface area contributed by atoms with Crippen molar-refractivity contribution in [3.05, 3.63) is 102 Å². The first kappa shape index (κ1) is 26.8. The largest absolute Gasteiger partial charge is 0.507 e. The van der Waals surface area contributed by atoms with Gasteiger partial charge in [-0.2, -0.15) is 0 Å². The predicted molar refractivity (Wildman–Crippen MR) is 154 cm³/mol. The first-order valence-electron chi connectivity index (χ1n) is 12.8. The number of phenols is 1. The topological polar surface area (TPSA) is 59.2 Å². The van der Waals surface area contributed by atoms with E-state index in [1.54, 1.807) is 18.2 Å². The third kappa shape index (κ3) is 4.90. The molecule has 6 rings (SSSR count). The van der Waals surface area contributed by atoms with Crippen molar-refractivity contribution < 1.29 is 30.6 Å². The van der Waals surface area contributed by atoms with E-state index in [0.29, 0.717) is 17.0 Å². The molecule has 4 aromatic carbocycles. The Morgan fingerprint density at radius 2 is 1.46 bits per heavy atom. The van der Waals surface area contributed by atoms with Crippen LogP contribution in [0.4, 0.5) is 0 Å². The Bertz CT molecular complexity index is 1850. The van der Waals surface area contributed by atoms with E-state index in [1.807, 2.05) is 30.5 Å². The number of pyridine rings is 1. The summed E-state index contributed by atoms with van der Waals surface area (Å²) in [6.45, 7) is 11.0. The fourth-order valence-corrected chi connectivity index (χ4v) is 5.20. The minimum absolute atomic E-state index is 0. The molecule has 0 spiro atoms. The number of aromatic hydroxyl groups is 1. The molecule has 0 atom stereocenters. The van der Waals surface area contributed by atoms with E-state index in [1.165, 1.54) is 16.5 Å². The van der Waals surface area contributed by atoms with Gasteiger partial charge in [-0.3, -0.25) is 4.98 Å². The number of nitrogens with zero attached hydrogens (tertiary/aromatic N) is 2. The van der Waals surface area contributed by atoms with Crippen LogP contribution in [0.1, 0.15) is 37.5 Å². The fourth-order valence-electron chi connectivity index (χ4n) is 5.20. The van der Waals surface area contributed by atoms with Crippen molar-refractivity contribution >= 4 is 22.0 Å². The van der Waals surface area contributed by atoms with E-state index in [-0.39, 0.29) is 32.2 Å². The molecular formula is C34H29N2O2Pt-. The average Bonchev–Trinajstić information content (AvgIpc) is 3.31. The van der Waals surface area contributed by atoms with Crippen LogP contribution in [-0.4, -0.2) is 15.1 Å². The Kier molecular flexibility index (Phi) is 6.95. The molecule has 5 heteroatoms. The van der Waals surface area contributed by atoms with Gasteiger partial charge in [-0.1, -0.05) is 80.8 Å². The molecule has 0 radical (unpaired) electrons. The van der Waals surface area contributed by atoms with E-state index in [2.05, 4.69) is 71.0 Å².